The number of nitrogens with zero attached hydrogens (tertiary/aromatic N) is 3. The van der Waals surface area contributed by atoms with E-state index in [4.69, 9.17) is 0 Å². The van der Waals surface area contributed by atoms with Crippen molar-refractivity contribution in [3.8, 4) is 0 Å². The maximum absolute atomic E-state index is 13.4. The van der Waals surface area contributed by atoms with Crippen molar-refractivity contribution in [1.82, 2.24) is 14.9 Å². The van der Waals surface area contributed by atoms with Crippen LogP contribution in [-0.4, -0.2) is 27.3 Å². The van der Waals surface area contributed by atoms with Gasteiger partial charge >= 0.3 is 0 Å². The van der Waals surface area contributed by atoms with E-state index in [9.17, 15) is 4.79 Å². The summed E-state index contributed by atoms with van der Waals surface area (Å²) in [7, 11) is 0. The molecule has 5 aliphatic rings. The van der Waals surface area contributed by atoms with E-state index >= 15 is 0 Å². The van der Waals surface area contributed by atoms with Crippen molar-refractivity contribution in [3.63, 3.8) is 0 Å². The first-order valence-electron chi connectivity index (χ1n) is 13.1. The summed E-state index contributed by atoms with van der Waals surface area (Å²) in [6.45, 7) is 9.82. The molecule has 2 unspecified atom stereocenters. The van der Waals surface area contributed by atoms with Gasteiger partial charge in [-0.15, -0.1) is 0 Å². The molecule has 180 valence electrons. The highest BCUT2D eigenvalue weighted by Crippen LogP contribution is 2.70. The molecule has 0 saturated heterocycles. The predicted molar refractivity (Wildman–Crippen MR) is 134 cm³/mol. The van der Waals surface area contributed by atoms with Crippen LogP contribution in [0.15, 0.2) is 30.6 Å². The van der Waals surface area contributed by atoms with Crippen LogP contribution in [0.1, 0.15) is 81.2 Å². The van der Waals surface area contributed by atoms with E-state index in [2.05, 4.69) is 65.2 Å². The molecule has 1 aliphatic heterocycles. The predicted octanol–water partition coefficient (Wildman–Crippen LogP) is 5.67. The average molecular weight is 459 g/mol. The summed E-state index contributed by atoms with van der Waals surface area (Å²) in [5, 5.41) is 3.24. The standard InChI is InChI=1S/C29H38N4O/c1-20-6-4-5-7-22(20)14-33-9-8-23-24(15-33)30-19-31-26(23)32-25(34)13-29-12-21-10-27(2,17-29)16-28(3,11-21)18-29/h4-7,19,21H,8-18H2,1-3H3,(H,30,31,32,34). The quantitative estimate of drug-likeness (QED) is 0.627. The lowest BCUT2D eigenvalue weighted by atomic mass is 9.40. The Morgan fingerprint density at radius 2 is 1.85 bits per heavy atom. The number of aromatic nitrogens is 2. The Morgan fingerprint density at radius 1 is 1.09 bits per heavy atom. The summed E-state index contributed by atoms with van der Waals surface area (Å²) in [5.41, 5.74) is 5.93. The van der Waals surface area contributed by atoms with Gasteiger partial charge in [0.25, 0.3) is 0 Å². The SMILES string of the molecule is Cc1ccccc1CN1CCc2c(ncnc2NC(=O)CC23CC4CC(C)(CC(C)(C4)C2)C3)C1. The molecule has 2 aromatic rings. The molecule has 4 fully saturated rings. The molecule has 4 bridgehead atoms. The third-order valence-corrected chi connectivity index (χ3v) is 9.28. The Kier molecular flexibility index (Phi) is 5.14. The summed E-state index contributed by atoms with van der Waals surface area (Å²) in [5.74, 6) is 1.70. The number of amides is 1. The highest BCUT2D eigenvalue weighted by atomic mass is 16.1. The Bertz CT molecular complexity index is 1110. The number of anilines is 1. The smallest absolute Gasteiger partial charge is 0.226 e. The molecular formula is C29H38N4O. The zero-order chi connectivity index (χ0) is 23.6. The third kappa shape index (κ3) is 4.06. The Labute approximate surface area is 203 Å². The van der Waals surface area contributed by atoms with Crippen LogP contribution in [0.4, 0.5) is 5.82 Å². The zero-order valence-corrected chi connectivity index (χ0v) is 21.0. The molecule has 7 rings (SSSR count). The molecule has 1 aromatic heterocycles. The van der Waals surface area contributed by atoms with Crippen LogP contribution in [0.2, 0.25) is 0 Å². The Morgan fingerprint density at radius 3 is 2.59 bits per heavy atom. The van der Waals surface area contributed by atoms with Gasteiger partial charge in [0.1, 0.15) is 12.1 Å². The number of fused-ring (bicyclic) bond motifs is 1. The Balaban J connectivity index is 1.15. The molecule has 0 radical (unpaired) electrons. The molecule has 5 heteroatoms. The van der Waals surface area contributed by atoms with E-state index < -0.39 is 0 Å². The van der Waals surface area contributed by atoms with Gasteiger partial charge in [-0.3, -0.25) is 9.69 Å². The van der Waals surface area contributed by atoms with Crippen molar-refractivity contribution in [1.29, 1.82) is 0 Å². The molecule has 1 N–H and O–H groups in total. The fourth-order valence-electron chi connectivity index (χ4n) is 9.08. The first-order valence-corrected chi connectivity index (χ1v) is 13.1. The van der Waals surface area contributed by atoms with Gasteiger partial charge < -0.3 is 5.32 Å². The second-order valence-electron chi connectivity index (χ2n) is 12.9. The minimum absolute atomic E-state index is 0.150. The van der Waals surface area contributed by atoms with E-state index in [1.807, 2.05) is 0 Å². The molecule has 5 nitrogen and oxygen atoms in total. The summed E-state index contributed by atoms with van der Waals surface area (Å²) in [6, 6.07) is 8.59. The minimum atomic E-state index is 0.150. The maximum Gasteiger partial charge on any atom is 0.226 e. The molecule has 0 spiro atoms. The fraction of sp³-hybridized carbons (Fsp3) is 0.621. The van der Waals surface area contributed by atoms with Crippen molar-refractivity contribution in [2.75, 3.05) is 11.9 Å². The average Bonchev–Trinajstić information content (AvgIpc) is 2.72. The van der Waals surface area contributed by atoms with Crippen LogP contribution < -0.4 is 5.32 Å². The summed E-state index contributed by atoms with van der Waals surface area (Å²) in [6.07, 6.45) is 10.9. The first kappa shape index (κ1) is 22.2. The number of carbonyl (C=O) groups excluding carboxylic acids is 1. The van der Waals surface area contributed by atoms with Gasteiger partial charge in [-0.2, -0.15) is 0 Å². The number of carbonyl (C=O) groups is 1. The largest absolute Gasteiger partial charge is 0.310 e. The van der Waals surface area contributed by atoms with Crippen LogP contribution in [0, 0.1) is 29.1 Å². The maximum atomic E-state index is 13.4. The van der Waals surface area contributed by atoms with Crippen molar-refractivity contribution >= 4 is 11.7 Å². The lowest BCUT2D eigenvalue weighted by Crippen LogP contribution is -2.55. The van der Waals surface area contributed by atoms with Crippen LogP contribution in [0.5, 0.6) is 0 Å². The number of hydrogen-bond acceptors (Lipinski definition) is 4. The van der Waals surface area contributed by atoms with E-state index in [1.165, 1.54) is 49.7 Å². The first-order chi connectivity index (χ1) is 16.2. The van der Waals surface area contributed by atoms with E-state index in [0.29, 0.717) is 17.3 Å². The van der Waals surface area contributed by atoms with Crippen LogP contribution in [0.3, 0.4) is 0 Å². The molecule has 4 saturated carbocycles. The summed E-state index contributed by atoms with van der Waals surface area (Å²) in [4.78, 5) is 24.9. The van der Waals surface area contributed by atoms with E-state index in [0.717, 1.165) is 49.0 Å². The van der Waals surface area contributed by atoms with Crippen molar-refractivity contribution < 1.29 is 4.79 Å². The van der Waals surface area contributed by atoms with Gasteiger partial charge in [0.15, 0.2) is 0 Å². The Hall–Kier alpha value is -2.27. The molecule has 2 atom stereocenters. The van der Waals surface area contributed by atoms with Gasteiger partial charge in [0.05, 0.1) is 5.69 Å². The molecule has 1 amide bonds. The lowest BCUT2D eigenvalue weighted by Gasteiger charge is -2.65. The number of rotatable bonds is 5. The highest BCUT2D eigenvalue weighted by Gasteiger charge is 2.60. The van der Waals surface area contributed by atoms with Crippen LogP contribution in [-0.2, 0) is 24.3 Å². The van der Waals surface area contributed by atoms with E-state index in [-0.39, 0.29) is 11.3 Å². The van der Waals surface area contributed by atoms with Gasteiger partial charge in [-0.05, 0) is 85.2 Å². The third-order valence-electron chi connectivity index (χ3n) is 9.28. The molecular weight excluding hydrogens is 420 g/mol. The second-order valence-corrected chi connectivity index (χ2v) is 12.9. The van der Waals surface area contributed by atoms with Gasteiger partial charge in [-0.1, -0.05) is 38.1 Å². The molecule has 2 heterocycles. The summed E-state index contributed by atoms with van der Waals surface area (Å²) < 4.78 is 0. The highest BCUT2D eigenvalue weighted by molar-refractivity contribution is 5.91. The monoisotopic (exact) mass is 458 g/mol. The topological polar surface area (TPSA) is 58.1 Å². The van der Waals surface area contributed by atoms with Gasteiger partial charge in [-0.25, -0.2) is 9.97 Å². The van der Waals surface area contributed by atoms with Gasteiger partial charge in [0.2, 0.25) is 5.91 Å². The zero-order valence-electron chi connectivity index (χ0n) is 21.0. The molecule has 1 aromatic carbocycles. The second kappa shape index (κ2) is 7.87. The van der Waals surface area contributed by atoms with Gasteiger partial charge in [0, 0.05) is 31.6 Å². The number of benzene rings is 1. The van der Waals surface area contributed by atoms with E-state index in [1.54, 1.807) is 6.33 Å². The van der Waals surface area contributed by atoms with Crippen LogP contribution >= 0.6 is 0 Å². The van der Waals surface area contributed by atoms with Crippen molar-refractivity contribution in [2.45, 2.75) is 85.2 Å². The normalized spacial score (nSPS) is 34.1. The van der Waals surface area contributed by atoms with Crippen LogP contribution in [0.25, 0.3) is 0 Å². The number of nitrogens with one attached hydrogen (secondary N) is 1. The number of hydrogen-bond donors (Lipinski definition) is 1. The lowest BCUT2D eigenvalue weighted by molar-refractivity contribution is -0.153. The van der Waals surface area contributed by atoms with Crippen molar-refractivity contribution in [2.24, 2.45) is 22.2 Å². The molecule has 34 heavy (non-hydrogen) atoms. The summed E-state index contributed by atoms with van der Waals surface area (Å²) >= 11 is 0. The molecule has 4 aliphatic carbocycles. The van der Waals surface area contributed by atoms with Crippen molar-refractivity contribution in [3.05, 3.63) is 53.0 Å². The minimum Gasteiger partial charge on any atom is -0.310 e. The number of aryl methyl sites for hydroxylation is 1. The fourth-order valence-corrected chi connectivity index (χ4v) is 9.08.